The van der Waals surface area contributed by atoms with Crippen LogP contribution in [0.25, 0.3) is 0 Å². The number of aryl methyl sites for hydroxylation is 1. The molecule has 0 aliphatic rings. The standard InChI is InChI=1S/C10H16N4O/c1-3-4-12-10(15)8-5-7(2)13-9(6-8)14-11/h5-6H,3-4,11H2,1-2H3,(H,12,15)(H,13,14). The highest BCUT2D eigenvalue weighted by Gasteiger charge is 2.06. The van der Waals surface area contributed by atoms with Gasteiger partial charge in [0.25, 0.3) is 5.91 Å². The van der Waals surface area contributed by atoms with E-state index in [-0.39, 0.29) is 5.91 Å². The molecular weight excluding hydrogens is 192 g/mol. The number of hydrogen-bond acceptors (Lipinski definition) is 4. The lowest BCUT2D eigenvalue weighted by Gasteiger charge is -2.06. The second-order valence-corrected chi connectivity index (χ2v) is 3.28. The molecule has 1 aromatic rings. The highest BCUT2D eigenvalue weighted by Crippen LogP contribution is 2.08. The number of nitrogens with zero attached hydrogens (tertiary/aromatic N) is 1. The SMILES string of the molecule is CCCNC(=O)c1cc(C)nc(NN)c1. The van der Waals surface area contributed by atoms with Gasteiger partial charge in [-0.15, -0.1) is 0 Å². The van der Waals surface area contributed by atoms with Crippen molar-refractivity contribution in [3.63, 3.8) is 0 Å². The number of rotatable bonds is 4. The number of nitrogens with two attached hydrogens (primary N) is 1. The molecule has 0 radical (unpaired) electrons. The van der Waals surface area contributed by atoms with Gasteiger partial charge in [-0.3, -0.25) is 4.79 Å². The summed E-state index contributed by atoms with van der Waals surface area (Å²) in [6.07, 6.45) is 0.914. The molecule has 5 heteroatoms. The van der Waals surface area contributed by atoms with E-state index < -0.39 is 0 Å². The second kappa shape index (κ2) is 5.31. The Kier molecular flexibility index (Phi) is 4.05. The molecule has 0 unspecified atom stereocenters. The average Bonchev–Trinajstić information content (AvgIpc) is 2.24. The van der Waals surface area contributed by atoms with Gasteiger partial charge in [-0.2, -0.15) is 0 Å². The second-order valence-electron chi connectivity index (χ2n) is 3.28. The van der Waals surface area contributed by atoms with Crippen LogP contribution in [0.2, 0.25) is 0 Å². The minimum atomic E-state index is -0.0983. The molecule has 82 valence electrons. The normalized spacial score (nSPS) is 9.80. The molecule has 0 fully saturated rings. The number of carbonyl (C=O) groups is 1. The molecule has 1 amide bonds. The monoisotopic (exact) mass is 208 g/mol. The first-order valence-corrected chi connectivity index (χ1v) is 4.91. The van der Waals surface area contributed by atoms with Crippen molar-refractivity contribution in [2.24, 2.45) is 5.84 Å². The highest BCUT2D eigenvalue weighted by molar-refractivity contribution is 5.94. The topological polar surface area (TPSA) is 80.0 Å². The van der Waals surface area contributed by atoms with Gasteiger partial charge in [0, 0.05) is 17.8 Å². The molecule has 0 spiro atoms. The number of anilines is 1. The quantitative estimate of drug-likeness (QED) is 0.505. The molecule has 1 rings (SSSR count). The summed E-state index contributed by atoms with van der Waals surface area (Å²) in [5.74, 6) is 5.64. The zero-order valence-corrected chi connectivity index (χ0v) is 9.00. The van der Waals surface area contributed by atoms with Crippen LogP contribution in [0.5, 0.6) is 0 Å². The lowest BCUT2D eigenvalue weighted by atomic mass is 10.2. The van der Waals surface area contributed by atoms with Gasteiger partial charge in [0.15, 0.2) is 0 Å². The lowest BCUT2D eigenvalue weighted by molar-refractivity contribution is 0.0953. The number of nitrogen functional groups attached to an aromatic ring is 1. The van der Waals surface area contributed by atoms with Gasteiger partial charge >= 0.3 is 0 Å². The maximum atomic E-state index is 11.6. The van der Waals surface area contributed by atoms with Crippen LogP contribution in [-0.4, -0.2) is 17.4 Å². The third kappa shape index (κ3) is 3.21. The molecule has 1 aromatic heterocycles. The van der Waals surface area contributed by atoms with Crippen LogP contribution in [0.4, 0.5) is 5.82 Å². The first-order chi connectivity index (χ1) is 7.17. The van der Waals surface area contributed by atoms with Crippen molar-refractivity contribution < 1.29 is 4.79 Å². The molecule has 0 atom stereocenters. The molecule has 0 aromatic carbocycles. The molecule has 0 saturated carbocycles. The summed E-state index contributed by atoms with van der Waals surface area (Å²) in [6.45, 7) is 4.49. The minimum Gasteiger partial charge on any atom is -0.352 e. The Hall–Kier alpha value is -1.62. The van der Waals surface area contributed by atoms with E-state index in [4.69, 9.17) is 5.84 Å². The molecule has 0 aliphatic carbocycles. The minimum absolute atomic E-state index is 0.0983. The Bertz CT molecular complexity index is 351. The number of nitrogens with one attached hydrogen (secondary N) is 2. The van der Waals surface area contributed by atoms with Crippen molar-refractivity contribution in [1.29, 1.82) is 0 Å². The van der Waals surface area contributed by atoms with Crippen molar-refractivity contribution in [2.75, 3.05) is 12.0 Å². The molecular formula is C10H16N4O. The van der Waals surface area contributed by atoms with Crippen molar-refractivity contribution in [1.82, 2.24) is 10.3 Å². The van der Waals surface area contributed by atoms with E-state index in [2.05, 4.69) is 15.7 Å². The largest absolute Gasteiger partial charge is 0.352 e. The van der Waals surface area contributed by atoms with Crippen LogP contribution >= 0.6 is 0 Å². The summed E-state index contributed by atoms with van der Waals surface area (Å²) >= 11 is 0. The van der Waals surface area contributed by atoms with E-state index >= 15 is 0 Å². The molecule has 0 bridgehead atoms. The van der Waals surface area contributed by atoms with Crippen molar-refractivity contribution in [3.05, 3.63) is 23.4 Å². The van der Waals surface area contributed by atoms with E-state index in [1.165, 1.54) is 0 Å². The summed E-state index contributed by atoms with van der Waals surface area (Å²) in [5.41, 5.74) is 3.76. The van der Waals surface area contributed by atoms with E-state index in [1.54, 1.807) is 12.1 Å². The number of hydrazine groups is 1. The number of amides is 1. The Labute approximate surface area is 89.0 Å². The predicted octanol–water partition coefficient (Wildman–Crippen LogP) is 0.815. The summed E-state index contributed by atoms with van der Waals surface area (Å²) in [5, 5.41) is 2.79. The van der Waals surface area contributed by atoms with Gasteiger partial charge in [-0.1, -0.05) is 6.92 Å². The number of pyridine rings is 1. The van der Waals surface area contributed by atoms with Crippen LogP contribution in [-0.2, 0) is 0 Å². The first kappa shape index (κ1) is 11.5. The average molecular weight is 208 g/mol. The van der Waals surface area contributed by atoms with E-state index in [1.807, 2.05) is 13.8 Å². The summed E-state index contributed by atoms with van der Waals surface area (Å²) in [7, 11) is 0. The van der Waals surface area contributed by atoms with E-state index in [0.29, 0.717) is 17.9 Å². The number of hydrogen-bond donors (Lipinski definition) is 3. The smallest absolute Gasteiger partial charge is 0.251 e. The van der Waals surface area contributed by atoms with Crippen molar-refractivity contribution in [3.8, 4) is 0 Å². The highest BCUT2D eigenvalue weighted by atomic mass is 16.1. The van der Waals surface area contributed by atoms with Gasteiger partial charge in [0.1, 0.15) is 5.82 Å². The Morgan fingerprint density at radius 3 is 2.87 bits per heavy atom. The third-order valence-corrected chi connectivity index (χ3v) is 1.90. The number of carbonyl (C=O) groups excluding carboxylic acids is 1. The van der Waals surface area contributed by atoms with Crippen LogP contribution in [0.1, 0.15) is 29.4 Å². The molecule has 1 heterocycles. The van der Waals surface area contributed by atoms with Gasteiger partial charge in [-0.05, 0) is 25.5 Å². The summed E-state index contributed by atoms with van der Waals surface area (Å²) in [4.78, 5) is 15.7. The van der Waals surface area contributed by atoms with Gasteiger partial charge in [0.2, 0.25) is 0 Å². The van der Waals surface area contributed by atoms with Crippen molar-refractivity contribution in [2.45, 2.75) is 20.3 Å². The lowest BCUT2D eigenvalue weighted by Crippen LogP contribution is -2.24. The van der Waals surface area contributed by atoms with E-state index in [9.17, 15) is 4.79 Å². The zero-order chi connectivity index (χ0) is 11.3. The van der Waals surface area contributed by atoms with Crippen LogP contribution < -0.4 is 16.6 Å². The fraction of sp³-hybridized carbons (Fsp3) is 0.400. The van der Waals surface area contributed by atoms with Gasteiger partial charge in [0.05, 0.1) is 0 Å². The fourth-order valence-corrected chi connectivity index (χ4v) is 1.21. The third-order valence-electron chi connectivity index (χ3n) is 1.90. The molecule has 0 aliphatic heterocycles. The zero-order valence-electron chi connectivity index (χ0n) is 9.00. The Morgan fingerprint density at radius 2 is 2.27 bits per heavy atom. The Morgan fingerprint density at radius 1 is 1.53 bits per heavy atom. The predicted molar refractivity (Wildman–Crippen MR) is 59.4 cm³/mol. The van der Waals surface area contributed by atoms with Crippen LogP contribution in [0, 0.1) is 6.92 Å². The maximum absolute atomic E-state index is 11.6. The first-order valence-electron chi connectivity index (χ1n) is 4.91. The van der Waals surface area contributed by atoms with Crippen molar-refractivity contribution >= 4 is 11.7 Å². The van der Waals surface area contributed by atoms with E-state index in [0.717, 1.165) is 12.1 Å². The number of aromatic nitrogens is 1. The fourth-order valence-electron chi connectivity index (χ4n) is 1.21. The summed E-state index contributed by atoms with van der Waals surface area (Å²) < 4.78 is 0. The Balaban J connectivity index is 2.83. The van der Waals surface area contributed by atoms with Gasteiger partial charge < -0.3 is 10.7 Å². The van der Waals surface area contributed by atoms with Gasteiger partial charge in [-0.25, -0.2) is 10.8 Å². The summed E-state index contributed by atoms with van der Waals surface area (Å²) in [6, 6.07) is 3.35. The van der Waals surface area contributed by atoms with Crippen LogP contribution in [0.15, 0.2) is 12.1 Å². The molecule has 0 saturated heterocycles. The maximum Gasteiger partial charge on any atom is 0.251 e. The molecule has 5 nitrogen and oxygen atoms in total. The van der Waals surface area contributed by atoms with Crippen LogP contribution in [0.3, 0.4) is 0 Å². The molecule has 4 N–H and O–H groups in total. The molecule has 15 heavy (non-hydrogen) atoms.